The summed E-state index contributed by atoms with van der Waals surface area (Å²) in [6, 6.07) is 15.6. The summed E-state index contributed by atoms with van der Waals surface area (Å²) in [7, 11) is 0. The highest BCUT2D eigenvalue weighted by molar-refractivity contribution is 9.10. The number of aliphatic hydroxyl groups excluding tert-OH is 1. The molecule has 35 heavy (non-hydrogen) atoms. The Morgan fingerprint density at radius 3 is 2.60 bits per heavy atom. The maximum Gasteiger partial charge on any atom is 0.295 e. The Hall–Kier alpha value is -3.45. The molecule has 7 heteroatoms. The number of carbonyl (C=O) groups is 2. The molecule has 180 valence electrons. The zero-order valence-corrected chi connectivity index (χ0v) is 21.5. The molecule has 0 unspecified atom stereocenters. The summed E-state index contributed by atoms with van der Waals surface area (Å²) >= 11 is 3.48. The second-order valence-corrected chi connectivity index (χ2v) is 9.94. The number of benzene rings is 2. The number of pyridine rings is 1. The van der Waals surface area contributed by atoms with Gasteiger partial charge < -0.3 is 14.7 Å². The number of Topliss-reactive ketones (excluding diaryl/α,β-unsaturated/α-hetero) is 1. The number of ketones is 1. The molecule has 3 aromatic rings. The first kappa shape index (κ1) is 24.7. The second-order valence-electron chi connectivity index (χ2n) is 9.03. The fourth-order valence-corrected chi connectivity index (χ4v) is 4.54. The number of aryl methyl sites for hydroxylation is 1. The van der Waals surface area contributed by atoms with Gasteiger partial charge in [-0.1, -0.05) is 48.0 Å². The SMILES string of the molecule is Cc1cc(/C(O)=C2\C(=O)C(=O)N(Cc3cccnc3)[C@H]2c2cccc(Br)c2)ccc1OCC(C)C. The van der Waals surface area contributed by atoms with Gasteiger partial charge in [-0.05, 0) is 65.9 Å². The van der Waals surface area contributed by atoms with Gasteiger partial charge >= 0.3 is 0 Å². The van der Waals surface area contributed by atoms with Gasteiger partial charge in [0.1, 0.15) is 11.5 Å². The highest BCUT2D eigenvalue weighted by Crippen LogP contribution is 2.41. The van der Waals surface area contributed by atoms with Crippen LogP contribution in [0.3, 0.4) is 0 Å². The fourth-order valence-electron chi connectivity index (χ4n) is 4.13. The molecule has 2 heterocycles. The van der Waals surface area contributed by atoms with E-state index in [2.05, 4.69) is 34.8 Å². The zero-order valence-electron chi connectivity index (χ0n) is 19.9. The lowest BCUT2D eigenvalue weighted by atomic mass is 9.94. The molecule has 2 aromatic carbocycles. The largest absolute Gasteiger partial charge is 0.507 e. The number of aromatic nitrogens is 1. The zero-order chi connectivity index (χ0) is 25.1. The van der Waals surface area contributed by atoms with Gasteiger partial charge in [0.15, 0.2) is 0 Å². The van der Waals surface area contributed by atoms with E-state index < -0.39 is 17.7 Å². The Bertz CT molecular complexity index is 1290. The van der Waals surface area contributed by atoms with Crippen molar-refractivity contribution in [3.8, 4) is 5.75 Å². The van der Waals surface area contributed by atoms with Gasteiger partial charge in [0.2, 0.25) is 0 Å². The highest BCUT2D eigenvalue weighted by atomic mass is 79.9. The molecular formula is C28H27BrN2O4. The maximum absolute atomic E-state index is 13.3. The van der Waals surface area contributed by atoms with Crippen LogP contribution >= 0.6 is 15.9 Å². The number of hydrogen-bond acceptors (Lipinski definition) is 5. The molecule has 1 amide bonds. The number of amides is 1. The van der Waals surface area contributed by atoms with Crippen LogP contribution in [0.1, 0.15) is 42.1 Å². The van der Waals surface area contributed by atoms with Crippen molar-refractivity contribution in [2.24, 2.45) is 5.92 Å². The summed E-state index contributed by atoms with van der Waals surface area (Å²) in [6.45, 7) is 6.80. The molecule has 1 fully saturated rings. The molecule has 1 atom stereocenters. The Labute approximate surface area is 213 Å². The predicted molar refractivity (Wildman–Crippen MR) is 138 cm³/mol. The number of hydrogen-bond donors (Lipinski definition) is 1. The molecule has 4 rings (SSSR count). The Morgan fingerprint density at radius 2 is 1.94 bits per heavy atom. The van der Waals surface area contributed by atoms with Crippen LogP contribution < -0.4 is 4.74 Å². The van der Waals surface area contributed by atoms with E-state index in [9.17, 15) is 14.7 Å². The van der Waals surface area contributed by atoms with Gasteiger partial charge in [0.25, 0.3) is 11.7 Å². The number of halogens is 1. The first-order chi connectivity index (χ1) is 16.8. The van der Waals surface area contributed by atoms with Gasteiger partial charge in [-0.3, -0.25) is 14.6 Å². The summed E-state index contributed by atoms with van der Waals surface area (Å²) in [5, 5.41) is 11.3. The fraction of sp³-hybridized carbons (Fsp3) is 0.250. The van der Waals surface area contributed by atoms with Crippen LogP contribution in [0, 0.1) is 12.8 Å². The van der Waals surface area contributed by atoms with Crippen LogP contribution in [0.4, 0.5) is 0 Å². The third-order valence-electron chi connectivity index (χ3n) is 5.80. The quantitative estimate of drug-likeness (QED) is 0.235. The molecule has 1 N–H and O–H groups in total. The highest BCUT2D eigenvalue weighted by Gasteiger charge is 2.46. The molecule has 1 saturated heterocycles. The average Bonchev–Trinajstić information content (AvgIpc) is 3.08. The van der Waals surface area contributed by atoms with Crippen molar-refractivity contribution in [2.75, 3.05) is 6.61 Å². The monoisotopic (exact) mass is 534 g/mol. The third kappa shape index (κ3) is 5.30. The smallest absolute Gasteiger partial charge is 0.295 e. The molecule has 0 bridgehead atoms. The van der Waals surface area contributed by atoms with Crippen LogP contribution in [0.2, 0.25) is 0 Å². The number of carbonyl (C=O) groups excluding carboxylic acids is 2. The van der Waals surface area contributed by atoms with E-state index in [1.165, 1.54) is 4.90 Å². The standard InChI is InChI=1S/C28H27BrN2O4/c1-17(2)16-35-23-10-9-21(12-18(23)3)26(32)24-25(20-7-4-8-22(29)13-20)31(28(34)27(24)33)15-19-6-5-11-30-14-19/h4-14,17,25,32H,15-16H2,1-3H3/b26-24+/t25-/m0/s1. The first-order valence-corrected chi connectivity index (χ1v) is 12.2. The lowest BCUT2D eigenvalue weighted by molar-refractivity contribution is -0.140. The molecule has 0 saturated carbocycles. The van der Waals surface area contributed by atoms with Gasteiger partial charge in [-0.2, -0.15) is 0 Å². The molecule has 0 aliphatic carbocycles. The van der Waals surface area contributed by atoms with E-state index in [0.29, 0.717) is 18.1 Å². The average molecular weight is 535 g/mol. The minimum atomic E-state index is -0.745. The predicted octanol–water partition coefficient (Wildman–Crippen LogP) is 5.81. The number of aliphatic hydroxyl groups is 1. The Morgan fingerprint density at radius 1 is 1.14 bits per heavy atom. The van der Waals surface area contributed by atoms with E-state index in [-0.39, 0.29) is 17.9 Å². The minimum Gasteiger partial charge on any atom is -0.507 e. The van der Waals surface area contributed by atoms with Crippen molar-refractivity contribution < 1.29 is 19.4 Å². The van der Waals surface area contributed by atoms with Crippen LogP contribution in [0.15, 0.2) is 77.0 Å². The number of nitrogens with zero attached hydrogens (tertiary/aromatic N) is 2. The molecule has 0 radical (unpaired) electrons. The van der Waals surface area contributed by atoms with E-state index in [4.69, 9.17) is 4.74 Å². The van der Waals surface area contributed by atoms with Crippen molar-refractivity contribution in [2.45, 2.75) is 33.4 Å². The Balaban J connectivity index is 1.79. The van der Waals surface area contributed by atoms with Crippen LogP contribution in [-0.4, -0.2) is 33.3 Å². The van der Waals surface area contributed by atoms with Crippen LogP contribution in [0.25, 0.3) is 5.76 Å². The van der Waals surface area contributed by atoms with Crippen LogP contribution in [-0.2, 0) is 16.1 Å². The number of rotatable bonds is 7. The first-order valence-electron chi connectivity index (χ1n) is 11.4. The summed E-state index contributed by atoms with van der Waals surface area (Å²) in [4.78, 5) is 32.0. The summed E-state index contributed by atoms with van der Waals surface area (Å²) in [6.07, 6.45) is 3.32. The second kappa shape index (κ2) is 10.4. The van der Waals surface area contributed by atoms with Crippen LogP contribution in [0.5, 0.6) is 5.75 Å². The van der Waals surface area contributed by atoms with Crippen molar-refractivity contribution in [1.82, 2.24) is 9.88 Å². The van der Waals surface area contributed by atoms with Gasteiger partial charge in [-0.15, -0.1) is 0 Å². The summed E-state index contributed by atoms with van der Waals surface area (Å²) in [5.74, 6) is -0.483. The van der Waals surface area contributed by atoms with Crippen molar-refractivity contribution in [3.05, 3.63) is 99.3 Å². The van der Waals surface area contributed by atoms with E-state index in [1.807, 2.05) is 37.3 Å². The normalized spacial score (nSPS) is 17.3. The van der Waals surface area contributed by atoms with Gasteiger partial charge in [-0.25, -0.2) is 0 Å². The topological polar surface area (TPSA) is 79.7 Å². The van der Waals surface area contributed by atoms with Gasteiger partial charge in [0, 0.05) is 29.0 Å². The number of likely N-dealkylation sites (tertiary alicyclic amines) is 1. The van der Waals surface area contributed by atoms with Gasteiger partial charge in [0.05, 0.1) is 18.2 Å². The van der Waals surface area contributed by atoms with E-state index >= 15 is 0 Å². The maximum atomic E-state index is 13.3. The summed E-state index contributed by atoms with van der Waals surface area (Å²) < 4.78 is 6.66. The van der Waals surface area contributed by atoms with E-state index in [1.54, 1.807) is 36.7 Å². The van der Waals surface area contributed by atoms with Crippen molar-refractivity contribution in [3.63, 3.8) is 0 Å². The van der Waals surface area contributed by atoms with E-state index in [0.717, 1.165) is 26.9 Å². The van der Waals surface area contributed by atoms with Crippen molar-refractivity contribution in [1.29, 1.82) is 0 Å². The van der Waals surface area contributed by atoms with Crippen molar-refractivity contribution >= 4 is 33.4 Å². The molecular weight excluding hydrogens is 508 g/mol. The lowest BCUT2D eigenvalue weighted by Crippen LogP contribution is -2.29. The molecule has 0 spiro atoms. The molecule has 1 aliphatic rings. The lowest BCUT2D eigenvalue weighted by Gasteiger charge is -2.25. The Kier molecular flexibility index (Phi) is 7.36. The minimum absolute atomic E-state index is 0.0623. The number of ether oxygens (including phenoxy) is 1. The molecule has 1 aromatic heterocycles. The summed E-state index contributed by atoms with van der Waals surface area (Å²) in [5.41, 5.74) is 2.86. The molecule has 6 nitrogen and oxygen atoms in total. The molecule has 1 aliphatic heterocycles. The third-order valence-corrected chi connectivity index (χ3v) is 6.29.